The van der Waals surface area contributed by atoms with Crippen molar-refractivity contribution < 1.29 is 9.59 Å². The summed E-state index contributed by atoms with van der Waals surface area (Å²) in [6, 6.07) is 13.5. The van der Waals surface area contributed by atoms with Crippen molar-refractivity contribution in [1.29, 1.82) is 0 Å². The standard InChI is InChI=1S/C21H26N2O2/c1-4-6-9-16-11-13-18(14-12-16)22-20(24)21(25)23-19-15(3)8-7-10-17(19)5-2/h7-8,10-14H,4-6,9H2,1-3H3,(H,22,24)(H,23,25). The summed E-state index contributed by atoms with van der Waals surface area (Å²) in [6.07, 6.45) is 4.11. The van der Waals surface area contributed by atoms with Gasteiger partial charge in [0.25, 0.3) is 0 Å². The molecule has 0 unspecified atom stereocenters. The predicted molar refractivity (Wildman–Crippen MR) is 103 cm³/mol. The minimum Gasteiger partial charge on any atom is -0.318 e. The van der Waals surface area contributed by atoms with Crippen molar-refractivity contribution in [2.75, 3.05) is 10.6 Å². The number of carbonyl (C=O) groups is 2. The van der Waals surface area contributed by atoms with E-state index in [1.54, 1.807) is 0 Å². The van der Waals surface area contributed by atoms with Gasteiger partial charge in [-0.15, -0.1) is 0 Å². The Morgan fingerprint density at radius 2 is 1.60 bits per heavy atom. The maximum absolute atomic E-state index is 12.2. The third-order valence-corrected chi connectivity index (χ3v) is 4.22. The second kappa shape index (κ2) is 9.02. The number of nitrogens with one attached hydrogen (secondary N) is 2. The Bertz CT molecular complexity index is 736. The molecule has 0 spiro atoms. The molecule has 0 fully saturated rings. The minimum absolute atomic E-state index is 0.626. The lowest BCUT2D eigenvalue weighted by Crippen LogP contribution is -2.29. The lowest BCUT2D eigenvalue weighted by atomic mass is 10.1. The Hall–Kier alpha value is -2.62. The van der Waals surface area contributed by atoms with Crippen LogP contribution in [0.15, 0.2) is 42.5 Å². The fourth-order valence-electron chi connectivity index (χ4n) is 2.70. The Balaban J connectivity index is 2.00. The molecule has 0 radical (unpaired) electrons. The van der Waals surface area contributed by atoms with E-state index in [9.17, 15) is 9.59 Å². The third-order valence-electron chi connectivity index (χ3n) is 4.22. The number of benzene rings is 2. The molecule has 132 valence electrons. The van der Waals surface area contributed by atoms with Gasteiger partial charge in [0.15, 0.2) is 0 Å². The molecule has 2 aromatic carbocycles. The SMILES string of the molecule is CCCCc1ccc(NC(=O)C(=O)Nc2c(C)cccc2CC)cc1. The van der Waals surface area contributed by atoms with Crippen LogP contribution < -0.4 is 10.6 Å². The summed E-state index contributed by atoms with van der Waals surface area (Å²) in [7, 11) is 0. The molecule has 2 amide bonds. The van der Waals surface area contributed by atoms with Gasteiger partial charge in [-0.25, -0.2) is 0 Å². The molecule has 2 aromatic rings. The molecule has 2 N–H and O–H groups in total. The molecule has 25 heavy (non-hydrogen) atoms. The van der Waals surface area contributed by atoms with Crippen LogP contribution in [-0.2, 0) is 22.4 Å². The average molecular weight is 338 g/mol. The Morgan fingerprint density at radius 3 is 2.24 bits per heavy atom. The van der Waals surface area contributed by atoms with Crippen LogP contribution in [0.5, 0.6) is 0 Å². The highest BCUT2D eigenvalue weighted by atomic mass is 16.2. The number of hydrogen-bond acceptors (Lipinski definition) is 2. The fourth-order valence-corrected chi connectivity index (χ4v) is 2.70. The van der Waals surface area contributed by atoms with Gasteiger partial charge in [0, 0.05) is 11.4 Å². The highest BCUT2D eigenvalue weighted by Crippen LogP contribution is 2.21. The number of unbranched alkanes of at least 4 members (excludes halogenated alkanes) is 1. The van der Waals surface area contributed by atoms with Crippen molar-refractivity contribution in [3.8, 4) is 0 Å². The third kappa shape index (κ3) is 5.18. The lowest BCUT2D eigenvalue weighted by molar-refractivity contribution is -0.133. The molecule has 0 aliphatic rings. The predicted octanol–water partition coefficient (Wildman–Crippen LogP) is 4.48. The van der Waals surface area contributed by atoms with Crippen molar-refractivity contribution in [3.05, 3.63) is 59.2 Å². The highest BCUT2D eigenvalue weighted by molar-refractivity contribution is 6.43. The number of aryl methyl sites for hydroxylation is 3. The Kier molecular flexibility index (Phi) is 6.75. The maximum Gasteiger partial charge on any atom is 0.314 e. The van der Waals surface area contributed by atoms with Gasteiger partial charge in [-0.2, -0.15) is 0 Å². The molecule has 0 saturated heterocycles. The van der Waals surface area contributed by atoms with E-state index in [0.717, 1.165) is 42.5 Å². The maximum atomic E-state index is 12.2. The largest absolute Gasteiger partial charge is 0.318 e. The topological polar surface area (TPSA) is 58.2 Å². The molecule has 0 aliphatic carbocycles. The van der Waals surface area contributed by atoms with Crippen molar-refractivity contribution >= 4 is 23.2 Å². The summed E-state index contributed by atoms with van der Waals surface area (Å²) in [6.45, 7) is 6.10. The molecule has 4 nitrogen and oxygen atoms in total. The van der Waals surface area contributed by atoms with Crippen LogP contribution in [0, 0.1) is 6.92 Å². The van der Waals surface area contributed by atoms with Crippen LogP contribution in [0.1, 0.15) is 43.4 Å². The zero-order chi connectivity index (χ0) is 18.2. The first-order valence-electron chi connectivity index (χ1n) is 8.84. The van der Waals surface area contributed by atoms with Crippen molar-refractivity contribution in [3.63, 3.8) is 0 Å². The summed E-state index contributed by atoms with van der Waals surface area (Å²) < 4.78 is 0. The molecule has 4 heteroatoms. The van der Waals surface area contributed by atoms with Gasteiger partial charge in [-0.1, -0.05) is 50.6 Å². The van der Waals surface area contributed by atoms with Gasteiger partial charge in [0.2, 0.25) is 0 Å². The van der Waals surface area contributed by atoms with Crippen LogP contribution in [0.2, 0.25) is 0 Å². The van der Waals surface area contributed by atoms with Crippen LogP contribution in [0.3, 0.4) is 0 Å². The van der Waals surface area contributed by atoms with E-state index < -0.39 is 11.8 Å². The van der Waals surface area contributed by atoms with E-state index in [2.05, 4.69) is 17.6 Å². The minimum atomic E-state index is -0.661. The second-order valence-electron chi connectivity index (χ2n) is 6.17. The monoisotopic (exact) mass is 338 g/mol. The number of rotatable bonds is 6. The first-order valence-corrected chi connectivity index (χ1v) is 8.84. The molecule has 0 saturated carbocycles. The molecule has 0 heterocycles. The van der Waals surface area contributed by atoms with Crippen molar-refractivity contribution in [2.24, 2.45) is 0 Å². The van der Waals surface area contributed by atoms with E-state index in [1.165, 1.54) is 5.56 Å². The van der Waals surface area contributed by atoms with E-state index in [4.69, 9.17) is 0 Å². The van der Waals surface area contributed by atoms with E-state index in [0.29, 0.717) is 5.69 Å². The summed E-state index contributed by atoms with van der Waals surface area (Å²) >= 11 is 0. The van der Waals surface area contributed by atoms with Crippen LogP contribution in [0.25, 0.3) is 0 Å². The van der Waals surface area contributed by atoms with Crippen molar-refractivity contribution in [1.82, 2.24) is 0 Å². The second-order valence-corrected chi connectivity index (χ2v) is 6.17. The molecule has 0 aliphatic heterocycles. The lowest BCUT2D eigenvalue weighted by Gasteiger charge is -2.13. The zero-order valence-corrected chi connectivity index (χ0v) is 15.2. The van der Waals surface area contributed by atoms with Crippen LogP contribution >= 0.6 is 0 Å². The summed E-state index contributed by atoms with van der Waals surface area (Å²) in [4.78, 5) is 24.4. The summed E-state index contributed by atoms with van der Waals surface area (Å²) in [5.41, 5.74) is 4.54. The fraction of sp³-hybridized carbons (Fsp3) is 0.333. The number of para-hydroxylation sites is 1. The van der Waals surface area contributed by atoms with E-state index in [-0.39, 0.29) is 0 Å². The quantitative estimate of drug-likeness (QED) is 0.763. The van der Waals surface area contributed by atoms with Gasteiger partial charge in [0.1, 0.15) is 0 Å². The molecular weight excluding hydrogens is 312 g/mol. The number of anilines is 2. The van der Waals surface area contributed by atoms with Gasteiger partial charge in [-0.05, 0) is 55.0 Å². The molecular formula is C21H26N2O2. The van der Waals surface area contributed by atoms with Crippen LogP contribution in [-0.4, -0.2) is 11.8 Å². The zero-order valence-electron chi connectivity index (χ0n) is 15.2. The molecule has 0 atom stereocenters. The first-order chi connectivity index (χ1) is 12.0. The van der Waals surface area contributed by atoms with Crippen molar-refractivity contribution in [2.45, 2.75) is 46.5 Å². The molecule has 2 rings (SSSR count). The normalized spacial score (nSPS) is 10.4. The van der Waals surface area contributed by atoms with Gasteiger partial charge < -0.3 is 10.6 Å². The van der Waals surface area contributed by atoms with E-state index in [1.807, 2.05) is 56.3 Å². The molecule has 0 bridgehead atoms. The first kappa shape index (κ1) is 18.7. The van der Waals surface area contributed by atoms with Gasteiger partial charge in [-0.3, -0.25) is 9.59 Å². The van der Waals surface area contributed by atoms with E-state index >= 15 is 0 Å². The number of hydrogen-bond donors (Lipinski definition) is 2. The van der Waals surface area contributed by atoms with Gasteiger partial charge in [0.05, 0.1) is 0 Å². The Morgan fingerprint density at radius 1 is 0.920 bits per heavy atom. The average Bonchev–Trinajstić information content (AvgIpc) is 2.62. The van der Waals surface area contributed by atoms with Crippen LogP contribution in [0.4, 0.5) is 11.4 Å². The number of amides is 2. The molecule has 0 aromatic heterocycles. The Labute approximate surface area is 149 Å². The summed E-state index contributed by atoms with van der Waals surface area (Å²) in [5, 5.41) is 5.39. The highest BCUT2D eigenvalue weighted by Gasteiger charge is 2.16. The summed E-state index contributed by atoms with van der Waals surface area (Å²) in [5.74, 6) is -1.31. The van der Waals surface area contributed by atoms with Gasteiger partial charge >= 0.3 is 11.8 Å². The smallest absolute Gasteiger partial charge is 0.314 e. The number of carbonyl (C=O) groups excluding carboxylic acids is 2.